The van der Waals surface area contributed by atoms with Gasteiger partial charge in [0.05, 0.1) is 11.1 Å². The van der Waals surface area contributed by atoms with Gasteiger partial charge in [0, 0.05) is 5.02 Å². The molecule has 0 radical (unpaired) electrons. The van der Waals surface area contributed by atoms with E-state index in [1.54, 1.807) is 6.26 Å². The van der Waals surface area contributed by atoms with Gasteiger partial charge in [-0.05, 0) is 48.7 Å². The number of rotatable bonds is 2. The molecule has 1 aromatic heterocycles. The maximum absolute atomic E-state index is 6.08. The summed E-state index contributed by atoms with van der Waals surface area (Å²) in [4.78, 5) is 0.0819. The second kappa shape index (κ2) is 4.64. The third-order valence-corrected chi connectivity index (χ3v) is 3.97. The van der Waals surface area contributed by atoms with Gasteiger partial charge in [0.1, 0.15) is 5.76 Å². The quantitative estimate of drug-likeness (QED) is 0.709. The van der Waals surface area contributed by atoms with Crippen LogP contribution >= 0.6 is 27.5 Å². The monoisotopic (exact) mass is 298 g/mol. The Morgan fingerprint density at radius 1 is 1.25 bits per heavy atom. The Hall–Kier alpha value is -0.730. The maximum Gasteiger partial charge on any atom is 0.121 e. The summed E-state index contributed by atoms with van der Waals surface area (Å²) in [6.45, 7) is 4.06. The molecule has 1 nitrogen and oxygen atoms in total. The minimum atomic E-state index is 0.0819. The number of benzene rings is 1. The maximum atomic E-state index is 6.08. The summed E-state index contributed by atoms with van der Waals surface area (Å²) < 4.78 is 5.39. The number of hydrogen-bond donors (Lipinski definition) is 0. The van der Waals surface area contributed by atoms with Crippen molar-refractivity contribution in [1.29, 1.82) is 0 Å². The number of furan rings is 1. The van der Waals surface area contributed by atoms with E-state index in [9.17, 15) is 0 Å². The lowest BCUT2D eigenvalue weighted by atomic mass is 10.0. The molecule has 0 amide bonds. The zero-order valence-electron chi connectivity index (χ0n) is 9.13. The highest BCUT2D eigenvalue weighted by molar-refractivity contribution is 9.09. The first-order chi connectivity index (χ1) is 7.59. The fourth-order valence-electron chi connectivity index (χ4n) is 1.67. The molecular weight excluding hydrogens is 287 g/mol. The van der Waals surface area contributed by atoms with E-state index in [-0.39, 0.29) is 4.83 Å². The Morgan fingerprint density at radius 2 is 2.00 bits per heavy atom. The SMILES string of the molecule is Cc1cc(C(Br)c2ccco2)c(C)cc1Cl. The van der Waals surface area contributed by atoms with Gasteiger partial charge in [0.25, 0.3) is 0 Å². The van der Waals surface area contributed by atoms with E-state index < -0.39 is 0 Å². The average Bonchev–Trinajstić information content (AvgIpc) is 2.75. The molecule has 84 valence electrons. The van der Waals surface area contributed by atoms with Crippen molar-refractivity contribution >= 4 is 27.5 Å². The lowest BCUT2D eigenvalue weighted by molar-refractivity contribution is 0.519. The van der Waals surface area contributed by atoms with Crippen molar-refractivity contribution < 1.29 is 4.42 Å². The second-order valence-electron chi connectivity index (χ2n) is 3.84. The number of halogens is 2. The zero-order chi connectivity index (χ0) is 11.7. The molecule has 2 rings (SSSR count). The van der Waals surface area contributed by atoms with Gasteiger partial charge in [-0.25, -0.2) is 0 Å². The molecule has 0 aliphatic rings. The van der Waals surface area contributed by atoms with Crippen LogP contribution < -0.4 is 0 Å². The molecule has 0 saturated heterocycles. The van der Waals surface area contributed by atoms with Crippen LogP contribution in [0.3, 0.4) is 0 Å². The Labute approximate surface area is 109 Å². The van der Waals surface area contributed by atoms with Gasteiger partial charge in [-0.15, -0.1) is 0 Å². The molecule has 1 unspecified atom stereocenters. The molecule has 3 heteroatoms. The standard InChI is InChI=1S/C13H12BrClO/c1-8-7-11(15)9(2)6-10(8)13(14)12-4-3-5-16-12/h3-7,13H,1-2H3. The summed E-state index contributed by atoms with van der Waals surface area (Å²) >= 11 is 9.72. The van der Waals surface area contributed by atoms with Crippen LogP contribution in [-0.4, -0.2) is 0 Å². The fraction of sp³-hybridized carbons (Fsp3) is 0.231. The van der Waals surface area contributed by atoms with Crippen molar-refractivity contribution in [2.45, 2.75) is 18.7 Å². The first-order valence-electron chi connectivity index (χ1n) is 5.03. The number of alkyl halides is 1. The highest BCUT2D eigenvalue weighted by atomic mass is 79.9. The summed E-state index contributed by atoms with van der Waals surface area (Å²) in [5.41, 5.74) is 3.43. The second-order valence-corrected chi connectivity index (χ2v) is 5.16. The highest BCUT2D eigenvalue weighted by Crippen LogP contribution is 2.35. The Balaban J connectivity index is 2.44. The lowest BCUT2D eigenvalue weighted by Gasteiger charge is -2.12. The molecule has 0 fully saturated rings. The fourth-order valence-corrected chi connectivity index (χ4v) is 2.64. The zero-order valence-corrected chi connectivity index (χ0v) is 11.5. The van der Waals surface area contributed by atoms with E-state index in [1.807, 2.05) is 25.1 Å². The van der Waals surface area contributed by atoms with E-state index in [2.05, 4.69) is 28.9 Å². The van der Waals surface area contributed by atoms with Crippen molar-refractivity contribution in [2.75, 3.05) is 0 Å². The summed E-state index contributed by atoms with van der Waals surface area (Å²) in [7, 11) is 0. The molecule has 0 aliphatic carbocycles. The van der Waals surface area contributed by atoms with Gasteiger partial charge in [0.15, 0.2) is 0 Å². The van der Waals surface area contributed by atoms with Gasteiger partial charge < -0.3 is 4.42 Å². The van der Waals surface area contributed by atoms with Crippen LogP contribution in [0.15, 0.2) is 34.9 Å². The minimum Gasteiger partial charge on any atom is -0.468 e. The Morgan fingerprint density at radius 3 is 2.62 bits per heavy atom. The van der Waals surface area contributed by atoms with E-state index in [0.717, 1.165) is 21.9 Å². The van der Waals surface area contributed by atoms with E-state index in [0.29, 0.717) is 0 Å². The molecule has 0 N–H and O–H groups in total. The average molecular weight is 300 g/mol. The predicted octanol–water partition coefficient (Wildman–Crippen LogP) is 5.03. The van der Waals surface area contributed by atoms with Gasteiger partial charge in [-0.2, -0.15) is 0 Å². The van der Waals surface area contributed by atoms with Crippen molar-refractivity contribution in [3.63, 3.8) is 0 Å². The lowest BCUT2D eigenvalue weighted by Crippen LogP contribution is -1.95. The molecule has 0 bridgehead atoms. The van der Waals surface area contributed by atoms with Crippen LogP contribution in [0.5, 0.6) is 0 Å². The molecule has 16 heavy (non-hydrogen) atoms. The van der Waals surface area contributed by atoms with E-state index in [1.165, 1.54) is 5.56 Å². The van der Waals surface area contributed by atoms with Gasteiger partial charge in [0.2, 0.25) is 0 Å². The van der Waals surface area contributed by atoms with Gasteiger partial charge >= 0.3 is 0 Å². The molecule has 1 heterocycles. The van der Waals surface area contributed by atoms with Crippen LogP contribution in [0.1, 0.15) is 27.3 Å². The third-order valence-electron chi connectivity index (χ3n) is 2.61. The van der Waals surface area contributed by atoms with Crippen molar-refractivity contribution in [1.82, 2.24) is 0 Å². The van der Waals surface area contributed by atoms with E-state index in [4.69, 9.17) is 16.0 Å². The summed E-state index contributed by atoms with van der Waals surface area (Å²) in [6, 6.07) is 7.94. The normalized spacial score (nSPS) is 12.8. The molecule has 0 saturated carbocycles. The Bertz CT molecular complexity index is 491. The third kappa shape index (κ3) is 2.18. The largest absolute Gasteiger partial charge is 0.468 e. The first kappa shape index (κ1) is 11.7. The molecule has 1 atom stereocenters. The molecular formula is C13H12BrClO. The van der Waals surface area contributed by atoms with Crippen LogP contribution in [0.25, 0.3) is 0 Å². The summed E-state index contributed by atoms with van der Waals surface area (Å²) in [6.07, 6.45) is 1.68. The number of aryl methyl sites for hydroxylation is 2. The molecule has 2 aromatic rings. The van der Waals surface area contributed by atoms with E-state index >= 15 is 0 Å². The molecule has 0 aliphatic heterocycles. The van der Waals surface area contributed by atoms with Gasteiger partial charge in [-0.1, -0.05) is 33.6 Å². The molecule has 1 aromatic carbocycles. The van der Waals surface area contributed by atoms with Crippen molar-refractivity contribution in [3.05, 3.63) is 58.0 Å². The van der Waals surface area contributed by atoms with Crippen LogP contribution in [0.2, 0.25) is 5.02 Å². The topological polar surface area (TPSA) is 13.1 Å². The Kier molecular flexibility index (Phi) is 3.41. The molecule has 0 spiro atoms. The number of hydrogen-bond acceptors (Lipinski definition) is 1. The smallest absolute Gasteiger partial charge is 0.121 e. The summed E-state index contributed by atoms with van der Waals surface area (Å²) in [5.74, 6) is 0.907. The van der Waals surface area contributed by atoms with Crippen LogP contribution in [0, 0.1) is 13.8 Å². The van der Waals surface area contributed by atoms with Crippen LogP contribution in [-0.2, 0) is 0 Å². The first-order valence-corrected chi connectivity index (χ1v) is 6.33. The van der Waals surface area contributed by atoms with Crippen molar-refractivity contribution in [3.8, 4) is 0 Å². The summed E-state index contributed by atoms with van der Waals surface area (Å²) in [5, 5.41) is 0.806. The minimum absolute atomic E-state index is 0.0819. The predicted molar refractivity (Wildman–Crippen MR) is 70.4 cm³/mol. The van der Waals surface area contributed by atoms with Crippen LogP contribution in [0.4, 0.5) is 0 Å². The van der Waals surface area contributed by atoms with Crippen molar-refractivity contribution in [2.24, 2.45) is 0 Å². The van der Waals surface area contributed by atoms with Gasteiger partial charge in [-0.3, -0.25) is 0 Å². The highest BCUT2D eigenvalue weighted by Gasteiger charge is 2.16.